The Hall–Kier alpha value is -0.570. The molecule has 0 spiro atoms. The van der Waals surface area contributed by atoms with Crippen molar-refractivity contribution in [3.63, 3.8) is 0 Å². The molecule has 14 heavy (non-hydrogen) atoms. The first kappa shape index (κ1) is 11.5. The molecule has 1 N–H and O–H groups in total. The lowest BCUT2D eigenvalue weighted by Gasteiger charge is -2.29. The smallest absolute Gasteiger partial charge is 0.311 e. The second kappa shape index (κ2) is 3.89. The molecule has 1 aliphatic heterocycles. The second-order valence-electron chi connectivity index (χ2n) is 4.93. The topological polar surface area (TPSA) is 40.5 Å². The van der Waals surface area contributed by atoms with Crippen LogP contribution in [0.1, 0.15) is 34.1 Å². The van der Waals surface area contributed by atoms with Crippen LogP contribution in [0.25, 0.3) is 0 Å². The van der Waals surface area contributed by atoms with Crippen LogP contribution in [0.2, 0.25) is 0 Å². The summed E-state index contributed by atoms with van der Waals surface area (Å²) in [6, 6.07) is 0.454. The fourth-order valence-corrected chi connectivity index (χ4v) is 2.20. The molecule has 3 heteroatoms. The Kier molecular flexibility index (Phi) is 3.20. The number of nitrogens with zero attached hydrogens (tertiary/aromatic N) is 1. The summed E-state index contributed by atoms with van der Waals surface area (Å²) in [6.07, 6.45) is 0.790. The van der Waals surface area contributed by atoms with Gasteiger partial charge in [0.1, 0.15) is 0 Å². The van der Waals surface area contributed by atoms with Crippen LogP contribution in [0.5, 0.6) is 0 Å². The molecule has 3 nitrogen and oxygen atoms in total. The number of likely N-dealkylation sites (tertiary alicyclic amines) is 1. The number of aliphatic carboxylic acids is 1. The molecule has 0 amide bonds. The van der Waals surface area contributed by atoms with Crippen LogP contribution in [0, 0.1) is 11.3 Å². The minimum absolute atomic E-state index is 0.212. The third kappa shape index (κ3) is 1.78. The summed E-state index contributed by atoms with van der Waals surface area (Å²) in [5, 5.41) is 9.31. The minimum Gasteiger partial charge on any atom is -0.481 e. The molecule has 0 aromatic rings. The predicted molar refractivity (Wildman–Crippen MR) is 56.2 cm³/mol. The van der Waals surface area contributed by atoms with Gasteiger partial charge in [-0.15, -0.1) is 0 Å². The van der Waals surface area contributed by atoms with E-state index in [1.54, 1.807) is 0 Å². The van der Waals surface area contributed by atoms with Crippen molar-refractivity contribution in [2.24, 2.45) is 11.3 Å². The van der Waals surface area contributed by atoms with E-state index < -0.39 is 11.4 Å². The van der Waals surface area contributed by atoms with Crippen LogP contribution >= 0.6 is 0 Å². The summed E-state index contributed by atoms with van der Waals surface area (Å²) in [5.74, 6) is -0.417. The monoisotopic (exact) mass is 199 g/mol. The first-order valence-corrected chi connectivity index (χ1v) is 5.37. The highest BCUT2D eigenvalue weighted by Crippen LogP contribution is 2.38. The Morgan fingerprint density at radius 1 is 1.36 bits per heavy atom. The van der Waals surface area contributed by atoms with E-state index in [1.807, 2.05) is 13.8 Å². The number of hydrogen-bond acceptors (Lipinski definition) is 2. The number of carboxylic acid groups (broad SMARTS) is 1. The molecule has 0 bridgehead atoms. The van der Waals surface area contributed by atoms with Gasteiger partial charge in [0.25, 0.3) is 0 Å². The minimum atomic E-state index is -0.629. The van der Waals surface area contributed by atoms with Crippen LogP contribution in [-0.2, 0) is 4.79 Å². The van der Waals surface area contributed by atoms with E-state index in [1.165, 1.54) is 0 Å². The third-order valence-corrected chi connectivity index (χ3v) is 3.59. The number of hydrogen-bond donors (Lipinski definition) is 1. The molecule has 1 aliphatic rings. The normalized spacial score (nSPS) is 29.0. The van der Waals surface area contributed by atoms with Crippen LogP contribution in [0.4, 0.5) is 0 Å². The molecule has 1 unspecified atom stereocenters. The van der Waals surface area contributed by atoms with Gasteiger partial charge in [-0.1, -0.05) is 13.8 Å². The summed E-state index contributed by atoms with van der Waals surface area (Å²) < 4.78 is 0. The van der Waals surface area contributed by atoms with E-state index in [0.717, 1.165) is 13.0 Å². The van der Waals surface area contributed by atoms with Crippen LogP contribution < -0.4 is 0 Å². The standard InChI is InChI=1S/C11H21NO2/c1-8(2)11(10(13)14)5-6-12(7-11)9(3)4/h8-9H,5-7H2,1-4H3,(H,13,14). The molecule has 0 aromatic heterocycles. The Bertz CT molecular complexity index is 225. The Morgan fingerprint density at radius 3 is 2.14 bits per heavy atom. The second-order valence-corrected chi connectivity index (χ2v) is 4.93. The fraction of sp³-hybridized carbons (Fsp3) is 0.909. The summed E-state index contributed by atoms with van der Waals surface area (Å²) in [5.41, 5.74) is -0.510. The van der Waals surface area contributed by atoms with E-state index in [2.05, 4.69) is 18.7 Å². The summed E-state index contributed by atoms with van der Waals surface area (Å²) >= 11 is 0. The van der Waals surface area contributed by atoms with Crippen molar-refractivity contribution >= 4 is 5.97 Å². The highest BCUT2D eigenvalue weighted by atomic mass is 16.4. The third-order valence-electron chi connectivity index (χ3n) is 3.59. The van der Waals surface area contributed by atoms with Gasteiger partial charge < -0.3 is 5.11 Å². The van der Waals surface area contributed by atoms with Crippen molar-refractivity contribution < 1.29 is 9.90 Å². The van der Waals surface area contributed by atoms with Crippen molar-refractivity contribution in [3.05, 3.63) is 0 Å². The average molecular weight is 199 g/mol. The van der Waals surface area contributed by atoms with E-state index in [9.17, 15) is 9.90 Å². The molecule has 1 fully saturated rings. The average Bonchev–Trinajstić information content (AvgIpc) is 2.48. The molecule has 0 saturated carbocycles. The molecule has 0 radical (unpaired) electrons. The number of carboxylic acids is 1. The van der Waals surface area contributed by atoms with Gasteiger partial charge in [-0.05, 0) is 32.7 Å². The quantitative estimate of drug-likeness (QED) is 0.754. The maximum absolute atomic E-state index is 11.3. The highest BCUT2D eigenvalue weighted by Gasteiger charge is 2.47. The van der Waals surface area contributed by atoms with Gasteiger partial charge in [0.05, 0.1) is 5.41 Å². The number of rotatable bonds is 3. The van der Waals surface area contributed by atoms with Crippen LogP contribution in [0.3, 0.4) is 0 Å². The van der Waals surface area contributed by atoms with Crippen molar-refractivity contribution in [1.29, 1.82) is 0 Å². The van der Waals surface area contributed by atoms with Gasteiger partial charge in [0.2, 0.25) is 0 Å². The lowest BCUT2D eigenvalue weighted by Crippen LogP contribution is -2.40. The van der Waals surface area contributed by atoms with Gasteiger partial charge in [0, 0.05) is 12.6 Å². The lowest BCUT2D eigenvalue weighted by atomic mass is 9.76. The van der Waals surface area contributed by atoms with Gasteiger partial charge in [-0.25, -0.2) is 0 Å². The van der Waals surface area contributed by atoms with Crippen molar-refractivity contribution in [3.8, 4) is 0 Å². The molecular formula is C11H21NO2. The zero-order valence-corrected chi connectivity index (χ0v) is 9.58. The molecule has 1 saturated heterocycles. The van der Waals surface area contributed by atoms with Gasteiger partial charge in [-0.3, -0.25) is 9.69 Å². The molecule has 1 heterocycles. The van der Waals surface area contributed by atoms with Crippen molar-refractivity contribution in [1.82, 2.24) is 4.90 Å². The summed E-state index contributed by atoms with van der Waals surface area (Å²) in [4.78, 5) is 13.6. The van der Waals surface area contributed by atoms with Crippen LogP contribution in [-0.4, -0.2) is 35.1 Å². The van der Waals surface area contributed by atoms with Crippen LogP contribution in [0.15, 0.2) is 0 Å². The van der Waals surface area contributed by atoms with Gasteiger partial charge in [0.15, 0.2) is 0 Å². The maximum atomic E-state index is 11.3. The molecule has 0 aliphatic carbocycles. The largest absolute Gasteiger partial charge is 0.481 e. The number of carbonyl (C=O) groups is 1. The fourth-order valence-electron chi connectivity index (χ4n) is 2.20. The lowest BCUT2D eigenvalue weighted by molar-refractivity contribution is -0.151. The molecular weight excluding hydrogens is 178 g/mol. The zero-order chi connectivity index (χ0) is 10.9. The SMILES string of the molecule is CC(C)N1CCC(C(=O)O)(C(C)C)C1. The Morgan fingerprint density at radius 2 is 1.93 bits per heavy atom. The Balaban J connectivity index is 2.80. The maximum Gasteiger partial charge on any atom is 0.311 e. The summed E-state index contributed by atoms with van der Waals surface area (Å²) in [7, 11) is 0. The Labute approximate surface area is 86.1 Å². The highest BCUT2D eigenvalue weighted by molar-refractivity contribution is 5.75. The first-order valence-electron chi connectivity index (χ1n) is 5.37. The van der Waals surface area contributed by atoms with Crippen molar-refractivity contribution in [2.75, 3.05) is 13.1 Å². The molecule has 1 rings (SSSR count). The van der Waals surface area contributed by atoms with Crippen molar-refractivity contribution in [2.45, 2.75) is 40.2 Å². The van der Waals surface area contributed by atoms with Gasteiger partial charge >= 0.3 is 5.97 Å². The predicted octanol–water partition coefficient (Wildman–Crippen LogP) is 1.83. The molecule has 82 valence electrons. The van der Waals surface area contributed by atoms with E-state index in [-0.39, 0.29) is 5.92 Å². The van der Waals surface area contributed by atoms with E-state index in [0.29, 0.717) is 12.6 Å². The zero-order valence-electron chi connectivity index (χ0n) is 9.58. The van der Waals surface area contributed by atoms with E-state index in [4.69, 9.17) is 0 Å². The summed E-state index contributed by atoms with van der Waals surface area (Å²) in [6.45, 7) is 9.90. The molecule has 0 aromatic carbocycles. The van der Waals surface area contributed by atoms with E-state index >= 15 is 0 Å². The molecule has 1 atom stereocenters. The first-order chi connectivity index (χ1) is 6.40. The van der Waals surface area contributed by atoms with Gasteiger partial charge in [-0.2, -0.15) is 0 Å².